The van der Waals surface area contributed by atoms with E-state index in [0.717, 1.165) is 12.2 Å². The van der Waals surface area contributed by atoms with E-state index >= 15 is 0 Å². The van der Waals surface area contributed by atoms with Gasteiger partial charge in [0.15, 0.2) is 5.76 Å². The molecule has 6 nitrogen and oxygen atoms in total. The standard InChI is InChI=1S/C12H14N2O4/c1-2-8-6-7-9(17-8)12-14-13-10(18-12)4-3-5-11(15)16/h6-7H,2-5H2,1H3,(H,15,16). The van der Waals surface area contributed by atoms with Gasteiger partial charge in [-0.25, -0.2) is 0 Å². The Kier molecular flexibility index (Phi) is 3.76. The van der Waals surface area contributed by atoms with E-state index in [0.29, 0.717) is 30.4 Å². The van der Waals surface area contributed by atoms with Gasteiger partial charge >= 0.3 is 5.97 Å². The van der Waals surface area contributed by atoms with Crippen LogP contribution in [0.3, 0.4) is 0 Å². The number of carbonyl (C=O) groups is 1. The second kappa shape index (κ2) is 5.48. The minimum absolute atomic E-state index is 0.0957. The van der Waals surface area contributed by atoms with E-state index in [-0.39, 0.29) is 6.42 Å². The molecule has 2 aromatic rings. The summed E-state index contributed by atoms with van der Waals surface area (Å²) in [4.78, 5) is 10.4. The summed E-state index contributed by atoms with van der Waals surface area (Å²) in [6.07, 6.45) is 1.84. The van der Waals surface area contributed by atoms with Gasteiger partial charge in [-0.2, -0.15) is 0 Å². The predicted octanol–water partition coefficient (Wildman–Crippen LogP) is 2.30. The van der Waals surface area contributed by atoms with Crippen molar-refractivity contribution >= 4 is 5.97 Å². The van der Waals surface area contributed by atoms with Gasteiger partial charge in [0.1, 0.15) is 5.76 Å². The Morgan fingerprint density at radius 2 is 2.17 bits per heavy atom. The molecule has 0 atom stereocenters. The number of hydrogen-bond donors (Lipinski definition) is 1. The predicted molar refractivity (Wildman–Crippen MR) is 62.0 cm³/mol. The highest BCUT2D eigenvalue weighted by atomic mass is 16.4. The van der Waals surface area contributed by atoms with Crippen LogP contribution in [0.1, 0.15) is 31.4 Å². The molecule has 0 amide bonds. The summed E-state index contributed by atoms with van der Waals surface area (Å²) in [7, 11) is 0. The molecule has 0 unspecified atom stereocenters. The SMILES string of the molecule is CCc1ccc(-c2nnc(CCCC(=O)O)o2)o1. The maximum Gasteiger partial charge on any atom is 0.303 e. The lowest BCUT2D eigenvalue weighted by Gasteiger charge is -1.91. The Balaban J connectivity index is 1.99. The largest absolute Gasteiger partial charge is 0.481 e. The van der Waals surface area contributed by atoms with Gasteiger partial charge in [-0.05, 0) is 18.6 Å². The lowest BCUT2D eigenvalue weighted by molar-refractivity contribution is -0.137. The van der Waals surface area contributed by atoms with Crippen LogP contribution in [0.4, 0.5) is 0 Å². The maximum absolute atomic E-state index is 10.4. The Morgan fingerprint density at radius 3 is 2.83 bits per heavy atom. The van der Waals surface area contributed by atoms with E-state index in [2.05, 4.69) is 10.2 Å². The maximum atomic E-state index is 10.4. The highest BCUT2D eigenvalue weighted by Gasteiger charge is 2.12. The van der Waals surface area contributed by atoms with Crippen molar-refractivity contribution in [2.75, 3.05) is 0 Å². The van der Waals surface area contributed by atoms with Crippen molar-refractivity contribution in [3.05, 3.63) is 23.8 Å². The van der Waals surface area contributed by atoms with Gasteiger partial charge in [-0.15, -0.1) is 10.2 Å². The van der Waals surface area contributed by atoms with Crippen molar-refractivity contribution in [1.29, 1.82) is 0 Å². The Labute approximate surface area is 104 Å². The van der Waals surface area contributed by atoms with Crippen LogP contribution in [0.25, 0.3) is 11.7 Å². The second-order valence-electron chi connectivity index (χ2n) is 3.87. The number of nitrogens with zero attached hydrogens (tertiary/aromatic N) is 2. The smallest absolute Gasteiger partial charge is 0.303 e. The monoisotopic (exact) mass is 250 g/mol. The van der Waals surface area contributed by atoms with Crippen molar-refractivity contribution in [3.8, 4) is 11.7 Å². The molecule has 0 bridgehead atoms. The fraction of sp³-hybridized carbons (Fsp3) is 0.417. The number of aromatic nitrogens is 2. The molecule has 0 aromatic carbocycles. The quantitative estimate of drug-likeness (QED) is 0.846. The summed E-state index contributed by atoms with van der Waals surface area (Å²) in [5.74, 6) is 1.34. The second-order valence-corrected chi connectivity index (χ2v) is 3.87. The first-order chi connectivity index (χ1) is 8.69. The van der Waals surface area contributed by atoms with Crippen molar-refractivity contribution in [1.82, 2.24) is 10.2 Å². The van der Waals surface area contributed by atoms with Gasteiger partial charge in [0.2, 0.25) is 5.89 Å². The van der Waals surface area contributed by atoms with Crippen LogP contribution >= 0.6 is 0 Å². The minimum Gasteiger partial charge on any atom is -0.481 e. The third-order valence-corrected chi connectivity index (χ3v) is 2.47. The van der Waals surface area contributed by atoms with Gasteiger partial charge in [-0.3, -0.25) is 4.79 Å². The number of hydrogen-bond acceptors (Lipinski definition) is 5. The van der Waals surface area contributed by atoms with Crippen LogP contribution in [0.5, 0.6) is 0 Å². The van der Waals surface area contributed by atoms with Crippen LogP contribution in [-0.2, 0) is 17.6 Å². The molecule has 0 aliphatic heterocycles. The molecular weight excluding hydrogens is 236 g/mol. The van der Waals surface area contributed by atoms with Gasteiger partial charge in [0, 0.05) is 19.3 Å². The Hall–Kier alpha value is -2.11. The number of aliphatic carboxylic acids is 1. The first kappa shape index (κ1) is 12.3. The van der Waals surface area contributed by atoms with E-state index in [9.17, 15) is 4.79 Å². The van der Waals surface area contributed by atoms with E-state index in [4.69, 9.17) is 13.9 Å². The van der Waals surface area contributed by atoms with Crippen LogP contribution in [-0.4, -0.2) is 21.3 Å². The molecule has 2 aromatic heterocycles. The molecule has 18 heavy (non-hydrogen) atoms. The van der Waals surface area contributed by atoms with Gasteiger partial charge < -0.3 is 13.9 Å². The lowest BCUT2D eigenvalue weighted by Crippen LogP contribution is -1.95. The molecule has 1 N–H and O–H groups in total. The summed E-state index contributed by atoms with van der Waals surface area (Å²) in [6.45, 7) is 1.99. The molecule has 2 rings (SSSR count). The number of furan rings is 1. The van der Waals surface area contributed by atoms with Gasteiger partial charge in [0.05, 0.1) is 0 Å². The summed E-state index contributed by atoms with van der Waals surface area (Å²) >= 11 is 0. The Bertz CT molecular complexity index is 530. The zero-order valence-corrected chi connectivity index (χ0v) is 10.0. The summed E-state index contributed by atoms with van der Waals surface area (Å²) in [5, 5.41) is 16.3. The average Bonchev–Trinajstić information content (AvgIpc) is 2.95. The summed E-state index contributed by atoms with van der Waals surface area (Å²) < 4.78 is 10.9. The number of rotatable bonds is 6. The normalized spacial score (nSPS) is 10.7. The van der Waals surface area contributed by atoms with Crippen molar-refractivity contribution in [2.24, 2.45) is 0 Å². The lowest BCUT2D eigenvalue weighted by atomic mass is 10.2. The number of carboxylic acids is 1. The highest BCUT2D eigenvalue weighted by Crippen LogP contribution is 2.21. The van der Waals surface area contributed by atoms with E-state index < -0.39 is 5.97 Å². The first-order valence-electron chi connectivity index (χ1n) is 5.82. The number of aryl methyl sites for hydroxylation is 2. The highest BCUT2D eigenvalue weighted by molar-refractivity contribution is 5.66. The fourth-order valence-corrected chi connectivity index (χ4v) is 1.53. The van der Waals surface area contributed by atoms with Gasteiger partial charge in [0.25, 0.3) is 5.89 Å². The van der Waals surface area contributed by atoms with Crippen LogP contribution in [0, 0.1) is 0 Å². The van der Waals surface area contributed by atoms with Crippen LogP contribution in [0.15, 0.2) is 21.0 Å². The Morgan fingerprint density at radius 1 is 1.33 bits per heavy atom. The molecule has 6 heteroatoms. The molecule has 96 valence electrons. The molecule has 0 saturated heterocycles. The van der Waals surface area contributed by atoms with Crippen molar-refractivity contribution in [2.45, 2.75) is 32.6 Å². The zero-order valence-electron chi connectivity index (χ0n) is 10.0. The van der Waals surface area contributed by atoms with E-state index in [1.165, 1.54) is 0 Å². The van der Waals surface area contributed by atoms with E-state index in [1.54, 1.807) is 6.07 Å². The molecule has 0 radical (unpaired) electrons. The zero-order chi connectivity index (χ0) is 13.0. The first-order valence-corrected chi connectivity index (χ1v) is 5.82. The van der Waals surface area contributed by atoms with Crippen molar-refractivity contribution in [3.63, 3.8) is 0 Å². The third-order valence-electron chi connectivity index (χ3n) is 2.47. The molecular formula is C12H14N2O4. The summed E-state index contributed by atoms with van der Waals surface area (Å²) in [6, 6.07) is 3.65. The molecule has 0 aliphatic carbocycles. The molecule has 0 spiro atoms. The molecule has 2 heterocycles. The molecule has 0 fully saturated rings. The fourth-order valence-electron chi connectivity index (χ4n) is 1.53. The minimum atomic E-state index is -0.826. The average molecular weight is 250 g/mol. The van der Waals surface area contributed by atoms with E-state index in [1.807, 2.05) is 13.0 Å². The van der Waals surface area contributed by atoms with Gasteiger partial charge in [-0.1, -0.05) is 6.92 Å². The molecule has 0 saturated carbocycles. The topological polar surface area (TPSA) is 89.4 Å². The summed E-state index contributed by atoms with van der Waals surface area (Å²) in [5.41, 5.74) is 0. The van der Waals surface area contributed by atoms with Crippen LogP contribution in [0.2, 0.25) is 0 Å². The third kappa shape index (κ3) is 2.97. The molecule has 0 aliphatic rings. The van der Waals surface area contributed by atoms with Crippen molar-refractivity contribution < 1.29 is 18.7 Å². The number of carboxylic acid groups (broad SMARTS) is 1. The van der Waals surface area contributed by atoms with Crippen LogP contribution < -0.4 is 0 Å².